The average Bonchev–Trinajstić information content (AvgIpc) is 3.04. The van der Waals surface area contributed by atoms with Crippen LogP contribution in [0.2, 0.25) is 0 Å². The fraction of sp³-hybridized carbons (Fsp3) is 0.348. The van der Waals surface area contributed by atoms with Crippen molar-refractivity contribution in [1.82, 2.24) is 24.6 Å². The third kappa shape index (κ3) is 5.04. The highest BCUT2D eigenvalue weighted by Gasteiger charge is 2.14. The van der Waals surface area contributed by atoms with E-state index in [0.29, 0.717) is 12.2 Å². The molecule has 7 heteroatoms. The van der Waals surface area contributed by atoms with Crippen molar-refractivity contribution >= 4 is 18.1 Å². The number of hydrogen-bond acceptors (Lipinski definition) is 4. The molecule has 1 amide bonds. The Kier molecular flexibility index (Phi) is 7.18. The summed E-state index contributed by atoms with van der Waals surface area (Å²) in [6, 6.07) is 16.0. The summed E-state index contributed by atoms with van der Waals surface area (Å²) in [4.78, 5) is 13.9. The Hall–Kier alpha value is -2.77. The molecule has 0 bridgehead atoms. The Bertz CT molecular complexity index is 1070. The van der Waals surface area contributed by atoms with Crippen LogP contribution in [0.1, 0.15) is 34.8 Å². The lowest BCUT2D eigenvalue weighted by atomic mass is 10.1. The highest BCUT2D eigenvalue weighted by atomic mass is 32.1. The molecule has 3 rings (SSSR count). The summed E-state index contributed by atoms with van der Waals surface area (Å²) in [6.07, 6.45) is 0.992. The Morgan fingerprint density at radius 3 is 2.57 bits per heavy atom. The number of amides is 1. The number of aryl methyl sites for hydroxylation is 1. The van der Waals surface area contributed by atoms with Crippen LogP contribution in [0.25, 0.3) is 11.4 Å². The molecule has 0 atom stereocenters. The summed E-state index contributed by atoms with van der Waals surface area (Å²) in [5, 5.41) is 7.49. The highest BCUT2D eigenvalue weighted by Crippen LogP contribution is 2.20. The third-order valence-electron chi connectivity index (χ3n) is 4.92. The zero-order valence-corrected chi connectivity index (χ0v) is 18.9. The van der Waals surface area contributed by atoms with E-state index < -0.39 is 0 Å². The van der Waals surface area contributed by atoms with Gasteiger partial charge in [0.2, 0.25) is 0 Å². The molecule has 0 fully saturated rings. The number of rotatable bonds is 8. The quantitative estimate of drug-likeness (QED) is 0.551. The van der Waals surface area contributed by atoms with Crippen molar-refractivity contribution in [1.29, 1.82) is 0 Å². The molecular weight excluding hydrogens is 394 g/mol. The summed E-state index contributed by atoms with van der Waals surface area (Å²) in [5.41, 5.74) is 4.07. The lowest BCUT2D eigenvalue weighted by Crippen LogP contribution is -2.23. The minimum absolute atomic E-state index is 0.0775. The molecule has 2 aromatic carbocycles. The predicted molar refractivity (Wildman–Crippen MR) is 123 cm³/mol. The molecule has 0 aliphatic heterocycles. The minimum atomic E-state index is -0.0775. The molecule has 1 N–H and O–H groups in total. The van der Waals surface area contributed by atoms with Crippen molar-refractivity contribution < 1.29 is 4.79 Å². The van der Waals surface area contributed by atoms with E-state index in [1.165, 1.54) is 5.56 Å². The van der Waals surface area contributed by atoms with Crippen molar-refractivity contribution in [3.8, 4) is 11.4 Å². The Labute approximate surface area is 183 Å². The molecule has 0 unspecified atom stereocenters. The summed E-state index contributed by atoms with van der Waals surface area (Å²) >= 11 is 5.75. The molecule has 1 aromatic heterocycles. The van der Waals surface area contributed by atoms with Gasteiger partial charge in [-0.1, -0.05) is 42.8 Å². The first-order valence-electron chi connectivity index (χ1n) is 10.2. The van der Waals surface area contributed by atoms with Crippen molar-refractivity contribution in [2.24, 2.45) is 0 Å². The molecule has 0 aliphatic carbocycles. The molecule has 158 valence electrons. The smallest absolute Gasteiger partial charge is 0.251 e. The molecular formula is C23H29N5OS. The number of carbonyl (C=O) groups excluding carboxylic acids is 1. The normalized spacial score (nSPS) is 11.1. The average molecular weight is 424 g/mol. The van der Waals surface area contributed by atoms with Gasteiger partial charge in [0, 0.05) is 31.3 Å². The Morgan fingerprint density at radius 2 is 1.93 bits per heavy atom. The summed E-state index contributed by atoms with van der Waals surface area (Å²) < 4.78 is 4.74. The number of benzene rings is 2. The van der Waals surface area contributed by atoms with E-state index in [-0.39, 0.29) is 5.91 Å². The fourth-order valence-corrected chi connectivity index (χ4v) is 3.73. The van der Waals surface area contributed by atoms with E-state index in [1.807, 2.05) is 36.0 Å². The molecule has 6 nitrogen and oxygen atoms in total. The van der Waals surface area contributed by atoms with Crippen molar-refractivity contribution in [2.75, 3.05) is 14.1 Å². The molecule has 3 aromatic rings. The van der Waals surface area contributed by atoms with Gasteiger partial charge in [0.15, 0.2) is 10.6 Å². The molecule has 0 saturated heterocycles. The number of carbonyl (C=O) groups is 1. The van der Waals surface area contributed by atoms with Gasteiger partial charge in [-0.3, -0.25) is 14.3 Å². The van der Waals surface area contributed by atoms with Gasteiger partial charge in [-0.15, -0.1) is 0 Å². The molecule has 30 heavy (non-hydrogen) atoms. The first-order chi connectivity index (χ1) is 14.4. The maximum atomic E-state index is 11.7. The lowest BCUT2D eigenvalue weighted by molar-refractivity contribution is 0.0963. The standard InChI is InChI=1S/C23H29N5OS/c1-5-13-27-21(20-8-6-7-17(2)14-20)25-28(23(27)30)16-26(4)15-18-9-11-19(12-10-18)22(29)24-3/h6-12,14H,5,13,15-16H2,1-4H3,(H,24,29). The van der Waals surface area contributed by atoms with Crippen molar-refractivity contribution in [3.05, 3.63) is 70.0 Å². The summed E-state index contributed by atoms with van der Waals surface area (Å²) in [7, 11) is 3.68. The van der Waals surface area contributed by atoms with Gasteiger partial charge in [-0.25, -0.2) is 4.68 Å². The number of nitrogens with zero attached hydrogens (tertiary/aromatic N) is 4. The zero-order valence-electron chi connectivity index (χ0n) is 18.1. The van der Waals surface area contributed by atoms with E-state index in [1.54, 1.807) is 7.05 Å². The van der Waals surface area contributed by atoms with Crippen LogP contribution >= 0.6 is 12.2 Å². The van der Waals surface area contributed by atoms with Crippen LogP contribution in [0.3, 0.4) is 0 Å². The molecule has 0 aliphatic rings. The number of nitrogens with one attached hydrogen (secondary N) is 1. The maximum absolute atomic E-state index is 11.7. The Morgan fingerprint density at radius 1 is 1.20 bits per heavy atom. The third-order valence-corrected chi connectivity index (χ3v) is 5.35. The van der Waals surface area contributed by atoms with Crippen LogP contribution in [0.5, 0.6) is 0 Å². The van der Waals surface area contributed by atoms with Gasteiger partial charge in [-0.05, 0) is 56.4 Å². The Balaban J connectivity index is 1.79. The summed E-state index contributed by atoms with van der Waals surface area (Å²) in [5.74, 6) is 0.834. The van der Waals surface area contributed by atoms with E-state index in [0.717, 1.165) is 41.2 Å². The van der Waals surface area contributed by atoms with E-state index >= 15 is 0 Å². The van der Waals surface area contributed by atoms with Gasteiger partial charge in [0.1, 0.15) is 0 Å². The van der Waals surface area contributed by atoms with Crippen LogP contribution in [0, 0.1) is 11.7 Å². The van der Waals surface area contributed by atoms with Gasteiger partial charge in [-0.2, -0.15) is 5.10 Å². The van der Waals surface area contributed by atoms with E-state index in [2.05, 4.69) is 52.9 Å². The van der Waals surface area contributed by atoms with E-state index in [9.17, 15) is 4.79 Å². The van der Waals surface area contributed by atoms with Crippen LogP contribution in [-0.2, 0) is 19.8 Å². The largest absolute Gasteiger partial charge is 0.355 e. The van der Waals surface area contributed by atoms with Gasteiger partial charge in [0.25, 0.3) is 5.91 Å². The van der Waals surface area contributed by atoms with Crippen LogP contribution in [0.4, 0.5) is 0 Å². The predicted octanol–water partition coefficient (Wildman–Crippen LogP) is 4.25. The summed E-state index contributed by atoms with van der Waals surface area (Å²) in [6.45, 7) is 6.39. The second-order valence-corrected chi connectivity index (χ2v) is 7.92. The minimum Gasteiger partial charge on any atom is -0.355 e. The van der Waals surface area contributed by atoms with Gasteiger partial charge >= 0.3 is 0 Å². The number of hydrogen-bond donors (Lipinski definition) is 1. The van der Waals surface area contributed by atoms with E-state index in [4.69, 9.17) is 17.3 Å². The van der Waals surface area contributed by atoms with Gasteiger partial charge < -0.3 is 5.32 Å². The SMILES string of the molecule is CCCn1c(-c2cccc(C)c2)nn(CN(C)Cc2ccc(C(=O)NC)cc2)c1=S. The van der Waals surface area contributed by atoms with Crippen LogP contribution < -0.4 is 5.32 Å². The highest BCUT2D eigenvalue weighted by molar-refractivity contribution is 7.71. The zero-order chi connectivity index (χ0) is 21.7. The van der Waals surface area contributed by atoms with Crippen LogP contribution in [0.15, 0.2) is 48.5 Å². The number of aromatic nitrogens is 3. The molecule has 0 radical (unpaired) electrons. The van der Waals surface area contributed by atoms with Crippen LogP contribution in [-0.4, -0.2) is 39.3 Å². The first-order valence-corrected chi connectivity index (χ1v) is 10.6. The molecule has 1 heterocycles. The maximum Gasteiger partial charge on any atom is 0.251 e. The van der Waals surface area contributed by atoms with Crippen molar-refractivity contribution in [2.45, 2.75) is 40.0 Å². The van der Waals surface area contributed by atoms with Gasteiger partial charge in [0.05, 0.1) is 6.67 Å². The fourth-order valence-electron chi connectivity index (χ4n) is 3.45. The first kappa shape index (κ1) is 21.9. The molecule has 0 spiro atoms. The van der Waals surface area contributed by atoms with Crippen molar-refractivity contribution in [3.63, 3.8) is 0 Å². The topological polar surface area (TPSA) is 55.1 Å². The monoisotopic (exact) mass is 423 g/mol. The second kappa shape index (κ2) is 9.82. The molecule has 0 saturated carbocycles. The second-order valence-electron chi connectivity index (χ2n) is 7.56. The lowest BCUT2D eigenvalue weighted by Gasteiger charge is -2.16.